The molecule has 0 unspecified atom stereocenters. The van der Waals surface area contributed by atoms with Gasteiger partial charge in [-0.05, 0) is 36.6 Å². The van der Waals surface area contributed by atoms with Gasteiger partial charge in [0, 0.05) is 17.6 Å². The summed E-state index contributed by atoms with van der Waals surface area (Å²) in [5.74, 6) is 0. The fourth-order valence-electron chi connectivity index (χ4n) is 1.75. The third-order valence-electron chi connectivity index (χ3n) is 2.64. The van der Waals surface area contributed by atoms with Crippen molar-refractivity contribution in [2.75, 3.05) is 6.54 Å². The summed E-state index contributed by atoms with van der Waals surface area (Å²) in [5.41, 5.74) is 2.85. The molecule has 0 spiro atoms. The van der Waals surface area contributed by atoms with Crippen molar-refractivity contribution >= 4 is 10.9 Å². The van der Waals surface area contributed by atoms with Crippen LogP contribution >= 0.6 is 0 Å². The van der Waals surface area contributed by atoms with E-state index >= 15 is 0 Å². The number of nitrogens with one attached hydrogen (secondary N) is 2. The van der Waals surface area contributed by atoms with Crippen LogP contribution in [0.3, 0.4) is 0 Å². The predicted octanol–water partition coefficient (Wildman–Crippen LogP) is 1.95. The van der Waals surface area contributed by atoms with E-state index in [4.69, 9.17) is 0 Å². The number of H-pyrrole nitrogens is 1. The number of benzene rings is 1. The van der Waals surface area contributed by atoms with Crippen LogP contribution in [0.25, 0.3) is 10.9 Å². The molecule has 2 aromatic rings. The summed E-state index contributed by atoms with van der Waals surface area (Å²) < 4.78 is 0. The second kappa shape index (κ2) is 4.49. The third-order valence-corrected chi connectivity index (χ3v) is 2.64. The molecule has 0 aliphatic carbocycles. The molecule has 0 saturated heterocycles. The van der Waals surface area contributed by atoms with Crippen molar-refractivity contribution in [1.29, 1.82) is 0 Å². The summed E-state index contributed by atoms with van der Waals surface area (Å²) in [5, 5.41) is 4.24. The molecule has 1 aromatic heterocycles. The first kappa shape index (κ1) is 10.9. The summed E-state index contributed by atoms with van der Waals surface area (Å²) in [7, 11) is 0. The second-order valence-corrected chi connectivity index (χ2v) is 3.99. The maximum absolute atomic E-state index is 11.8. The van der Waals surface area contributed by atoms with Crippen LogP contribution in [-0.2, 0) is 6.54 Å². The van der Waals surface area contributed by atoms with Crippen LogP contribution in [0.2, 0.25) is 0 Å². The molecule has 0 radical (unpaired) electrons. The largest absolute Gasteiger partial charge is 0.322 e. The number of aromatic amines is 1. The summed E-state index contributed by atoms with van der Waals surface area (Å²) in [4.78, 5) is 14.7. The van der Waals surface area contributed by atoms with Gasteiger partial charge in [-0.1, -0.05) is 19.1 Å². The van der Waals surface area contributed by atoms with Crippen LogP contribution in [0.15, 0.2) is 29.1 Å². The minimum Gasteiger partial charge on any atom is -0.322 e. The van der Waals surface area contributed by atoms with E-state index in [9.17, 15) is 4.79 Å². The highest BCUT2D eigenvalue weighted by Crippen LogP contribution is 2.12. The highest BCUT2D eigenvalue weighted by Gasteiger charge is 2.02. The second-order valence-electron chi connectivity index (χ2n) is 3.99. The number of fused-ring (bicyclic) bond motifs is 1. The first-order valence-corrected chi connectivity index (χ1v) is 5.54. The van der Waals surface area contributed by atoms with Crippen molar-refractivity contribution in [1.82, 2.24) is 10.3 Å². The lowest BCUT2D eigenvalue weighted by molar-refractivity contribution is 0.721. The van der Waals surface area contributed by atoms with Crippen molar-refractivity contribution < 1.29 is 0 Å². The highest BCUT2D eigenvalue weighted by molar-refractivity contribution is 5.79. The minimum absolute atomic E-state index is 0.000880. The third kappa shape index (κ3) is 2.14. The molecule has 0 bridgehead atoms. The normalized spacial score (nSPS) is 10.9. The first-order chi connectivity index (χ1) is 7.70. The van der Waals surface area contributed by atoms with Crippen LogP contribution in [0, 0.1) is 6.92 Å². The topological polar surface area (TPSA) is 44.9 Å². The van der Waals surface area contributed by atoms with Crippen molar-refractivity contribution in [3.8, 4) is 0 Å². The number of hydrogen-bond acceptors (Lipinski definition) is 2. The van der Waals surface area contributed by atoms with E-state index < -0.39 is 0 Å². The molecule has 0 saturated carbocycles. The molecule has 0 atom stereocenters. The molecule has 1 heterocycles. The monoisotopic (exact) mass is 216 g/mol. The molecular formula is C13H16N2O. The minimum atomic E-state index is -0.000880. The van der Waals surface area contributed by atoms with Crippen LogP contribution in [0.1, 0.15) is 18.1 Å². The van der Waals surface area contributed by atoms with Gasteiger partial charge in [-0.3, -0.25) is 4.79 Å². The van der Waals surface area contributed by atoms with E-state index in [1.807, 2.05) is 32.0 Å². The van der Waals surface area contributed by atoms with E-state index in [-0.39, 0.29) is 5.56 Å². The van der Waals surface area contributed by atoms with E-state index in [0.29, 0.717) is 6.54 Å². The Kier molecular flexibility index (Phi) is 3.06. The van der Waals surface area contributed by atoms with Crippen molar-refractivity contribution in [3.63, 3.8) is 0 Å². The Balaban J connectivity index is 2.50. The van der Waals surface area contributed by atoms with Crippen molar-refractivity contribution in [3.05, 3.63) is 45.7 Å². The lowest BCUT2D eigenvalue weighted by atomic mass is 10.1. The standard InChI is InChI=1S/C13H16N2O/c1-3-14-8-11-7-10-5-4-9(2)6-12(10)15-13(11)16/h4-7,14H,3,8H2,1-2H3,(H,15,16). The molecule has 0 aliphatic rings. The Hall–Kier alpha value is -1.61. The summed E-state index contributed by atoms with van der Waals surface area (Å²) in [6, 6.07) is 8.04. The van der Waals surface area contributed by atoms with Gasteiger partial charge in [0.05, 0.1) is 0 Å². The maximum Gasteiger partial charge on any atom is 0.252 e. The zero-order valence-electron chi connectivity index (χ0n) is 9.63. The Morgan fingerprint density at radius 2 is 2.12 bits per heavy atom. The van der Waals surface area contributed by atoms with Crippen LogP contribution < -0.4 is 10.9 Å². The molecule has 0 amide bonds. The fraction of sp³-hybridized carbons (Fsp3) is 0.308. The lowest BCUT2D eigenvalue weighted by Gasteiger charge is -2.04. The SMILES string of the molecule is CCNCc1cc2ccc(C)cc2[nH]c1=O. The van der Waals surface area contributed by atoms with E-state index in [1.54, 1.807) is 0 Å². The summed E-state index contributed by atoms with van der Waals surface area (Å²) in [6.07, 6.45) is 0. The zero-order chi connectivity index (χ0) is 11.5. The van der Waals surface area contributed by atoms with Crippen molar-refractivity contribution in [2.24, 2.45) is 0 Å². The average molecular weight is 216 g/mol. The van der Waals surface area contributed by atoms with Gasteiger partial charge in [0.1, 0.15) is 0 Å². The van der Waals surface area contributed by atoms with Gasteiger partial charge in [0.2, 0.25) is 0 Å². The van der Waals surface area contributed by atoms with Crippen LogP contribution in [0.4, 0.5) is 0 Å². The quantitative estimate of drug-likeness (QED) is 0.823. The molecule has 3 nitrogen and oxygen atoms in total. The van der Waals surface area contributed by atoms with Crippen LogP contribution in [-0.4, -0.2) is 11.5 Å². The molecule has 16 heavy (non-hydrogen) atoms. The van der Waals surface area contributed by atoms with Gasteiger partial charge >= 0.3 is 0 Å². The Labute approximate surface area is 94.5 Å². The Morgan fingerprint density at radius 3 is 2.88 bits per heavy atom. The molecule has 84 valence electrons. The van der Waals surface area contributed by atoms with Gasteiger partial charge in [-0.25, -0.2) is 0 Å². The number of pyridine rings is 1. The predicted molar refractivity (Wildman–Crippen MR) is 66.7 cm³/mol. The van der Waals surface area contributed by atoms with Crippen molar-refractivity contribution in [2.45, 2.75) is 20.4 Å². The number of aromatic nitrogens is 1. The molecule has 3 heteroatoms. The van der Waals surface area contributed by atoms with Gasteiger partial charge < -0.3 is 10.3 Å². The number of rotatable bonds is 3. The van der Waals surface area contributed by atoms with Crippen LogP contribution in [0.5, 0.6) is 0 Å². The van der Waals surface area contributed by atoms with Gasteiger partial charge in [0.15, 0.2) is 0 Å². The Morgan fingerprint density at radius 1 is 1.31 bits per heavy atom. The number of hydrogen-bond donors (Lipinski definition) is 2. The van der Waals surface area contributed by atoms with Gasteiger partial charge in [-0.2, -0.15) is 0 Å². The average Bonchev–Trinajstić information content (AvgIpc) is 2.26. The fourth-order valence-corrected chi connectivity index (χ4v) is 1.75. The highest BCUT2D eigenvalue weighted by atomic mass is 16.1. The molecule has 0 aliphatic heterocycles. The van der Waals surface area contributed by atoms with E-state index in [2.05, 4.69) is 16.4 Å². The molecule has 0 fully saturated rings. The molecule has 2 rings (SSSR count). The van der Waals surface area contributed by atoms with E-state index in [1.165, 1.54) is 0 Å². The molecular weight excluding hydrogens is 200 g/mol. The summed E-state index contributed by atoms with van der Waals surface area (Å²) in [6.45, 7) is 5.53. The van der Waals surface area contributed by atoms with E-state index in [0.717, 1.165) is 28.6 Å². The zero-order valence-corrected chi connectivity index (χ0v) is 9.63. The first-order valence-electron chi connectivity index (χ1n) is 5.54. The van der Waals surface area contributed by atoms with Gasteiger partial charge in [-0.15, -0.1) is 0 Å². The Bertz CT molecular complexity index is 557. The van der Waals surface area contributed by atoms with Gasteiger partial charge in [0.25, 0.3) is 5.56 Å². The molecule has 1 aromatic carbocycles. The maximum atomic E-state index is 11.8. The molecule has 2 N–H and O–H groups in total. The summed E-state index contributed by atoms with van der Waals surface area (Å²) >= 11 is 0. The number of aryl methyl sites for hydroxylation is 1. The smallest absolute Gasteiger partial charge is 0.252 e. The lowest BCUT2D eigenvalue weighted by Crippen LogP contribution is -2.20.